The van der Waals surface area contributed by atoms with Crippen LogP contribution in [-0.4, -0.2) is 19.0 Å². The molecule has 0 radical (unpaired) electrons. The molecule has 0 aromatic carbocycles. The lowest BCUT2D eigenvalue weighted by Crippen LogP contribution is -2.38. The van der Waals surface area contributed by atoms with Gasteiger partial charge in [0.1, 0.15) is 0 Å². The minimum absolute atomic E-state index is 0.322. The van der Waals surface area contributed by atoms with Gasteiger partial charge in [0, 0.05) is 12.8 Å². The third-order valence-corrected chi connectivity index (χ3v) is 2.97. The minimum atomic E-state index is -0.322. The van der Waals surface area contributed by atoms with Gasteiger partial charge in [-0.1, -0.05) is 30.7 Å². The van der Waals surface area contributed by atoms with Crippen molar-refractivity contribution in [2.24, 2.45) is 0 Å². The summed E-state index contributed by atoms with van der Waals surface area (Å²) in [4.78, 5) is 0. The number of hydrogen-bond donors (Lipinski definition) is 0. The monoisotopic (exact) mass is 224 g/mol. The van der Waals surface area contributed by atoms with Gasteiger partial charge in [-0.15, -0.1) is 0 Å². The molecule has 92 valence electrons. The summed E-state index contributed by atoms with van der Waals surface area (Å²) in [6, 6.07) is 0. The summed E-state index contributed by atoms with van der Waals surface area (Å²) in [7, 11) is 0. The molecule has 1 aliphatic carbocycles. The van der Waals surface area contributed by atoms with Crippen LogP contribution in [0.1, 0.15) is 46.0 Å². The topological polar surface area (TPSA) is 18.5 Å². The molecule has 0 aromatic heterocycles. The lowest BCUT2D eigenvalue weighted by Gasteiger charge is -2.36. The van der Waals surface area contributed by atoms with E-state index in [1.54, 1.807) is 0 Å². The van der Waals surface area contributed by atoms with Crippen LogP contribution < -0.4 is 0 Å². The van der Waals surface area contributed by atoms with Gasteiger partial charge < -0.3 is 9.47 Å². The largest absolute Gasteiger partial charge is 0.346 e. The lowest BCUT2D eigenvalue weighted by molar-refractivity contribution is -0.241. The van der Waals surface area contributed by atoms with E-state index >= 15 is 0 Å². The van der Waals surface area contributed by atoms with Gasteiger partial charge in [-0.25, -0.2) is 0 Å². The van der Waals surface area contributed by atoms with Crippen LogP contribution in [0.5, 0.6) is 0 Å². The zero-order chi connectivity index (χ0) is 11.7. The second-order valence-corrected chi connectivity index (χ2v) is 4.23. The molecule has 0 amide bonds. The fourth-order valence-electron chi connectivity index (χ4n) is 2.01. The van der Waals surface area contributed by atoms with Crippen LogP contribution in [0.2, 0.25) is 0 Å². The second kappa shape index (κ2) is 7.64. The molecule has 0 atom stereocenters. The summed E-state index contributed by atoms with van der Waals surface area (Å²) in [5, 5.41) is 0. The zero-order valence-electron chi connectivity index (χ0n) is 10.6. The van der Waals surface area contributed by atoms with Crippen LogP contribution in [0.15, 0.2) is 24.3 Å². The van der Waals surface area contributed by atoms with Gasteiger partial charge in [-0.3, -0.25) is 0 Å². The van der Waals surface area contributed by atoms with Crippen molar-refractivity contribution in [2.75, 3.05) is 13.2 Å². The maximum atomic E-state index is 5.91. The highest BCUT2D eigenvalue weighted by Crippen LogP contribution is 2.32. The van der Waals surface area contributed by atoms with Gasteiger partial charge in [0.05, 0.1) is 13.2 Å². The van der Waals surface area contributed by atoms with Crippen molar-refractivity contribution in [3.05, 3.63) is 24.3 Å². The SMILES string of the molecule is CC=CCOC1(OCC=CC)CCCCC1. The van der Waals surface area contributed by atoms with Crippen LogP contribution in [0, 0.1) is 0 Å². The Kier molecular flexibility index (Phi) is 6.43. The lowest BCUT2D eigenvalue weighted by atomic mass is 9.94. The van der Waals surface area contributed by atoms with Crippen LogP contribution in [0.3, 0.4) is 0 Å². The Morgan fingerprint density at radius 3 is 1.81 bits per heavy atom. The molecule has 1 rings (SSSR count). The molecule has 0 aromatic rings. The summed E-state index contributed by atoms with van der Waals surface area (Å²) in [5.74, 6) is -0.322. The molecule has 0 N–H and O–H groups in total. The molecule has 0 saturated heterocycles. The van der Waals surface area contributed by atoms with Crippen LogP contribution in [0.4, 0.5) is 0 Å². The maximum absolute atomic E-state index is 5.91. The molecule has 0 unspecified atom stereocenters. The van der Waals surface area contributed by atoms with Crippen molar-refractivity contribution in [3.63, 3.8) is 0 Å². The molecule has 1 aliphatic rings. The first-order valence-corrected chi connectivity index (χ1v) is 6.33. The van der Waals surface area contributed by atoms with Gasteiger partial charge in [0.15, 0.2) is 5.79 Å². The molecular weight excluding hydrogens is 200 g/mol. The molecule has 0 spiro atoms. The number of rotatable bonds is 6. The Labute approximate surface area is 99.3 Å². The van der Waals surface area contributed by atoms with Gasteiger partial charge in [0.2, 0.25) is 0 Å². The molecule has 16 heavy (non-hydrogen) atoms. The maximum Gasteiger partial charge on any atom is 0.169 e. The minimum Gasteiger partial charge on any atom is -0.346 e. The van der Waals surface area contributed by atoms with Crippen molar-refractivity contribution in [3.8, 4) is 0 Å². The number of ether oxygens (including phenoxy) is 2. The molecule has 2 nitrogen and oxygen atoms in total. The zero-order valence-corrected chi connectivity index (χ0v) is 10.6. The normalized spacial score (nSPS) is 20.9. The molecule has 2 heteroatoms. The summed E-state index contributed by atoms with van der Waals surface area (Å²) in [6.45, 7) is 5.34. The standard InChI is InChI=1S/C14H24O2/c1-3-5-12-15-14(16-13-6-4-2)10-8-7-9-11-14/h3-6H,7-13H2,1-2H3. The van der Waals surface area contributed by atoms with Crippen molar-refractivity contribution < 1.29 is 9.47 Å². The predicted molar refractivity (Wildman–Crippen MR) is 67.3 cm³/mol. The van der Waals surface area contributed by atoms with Crippen LogP contribution in [-0.2, 0) is 9.47 Å². The summed E-state index contributed by atoms with van der Waals surface area (Å²) in [5.41, 5.74) is 0. The Balaban J connectivity index is 2.45. The first-order valence-electron chi connectivity index (χ1n) is 6.33. The highest BCUT2D eigenvalue weighted by molar-refractivity contribution is 4.83. The molecule has 0 bridgehead atoms. The van der Waals surface area contributed by atoms with E-state index in [1.165, 1.54) is 19.3 Å². The van der Waals surface area contributed by atoms with Crippen molar-refractivity contribution in [2.45, 2.75) is 51.7 Å². The van der Waals surface area contributed by atoms with E-state index in [0.29, 0.717) is 13.2 Å². The Morgan fingerprint density at radius 2 is 1.38 bits per heavy atom. The average Bonchev–Trinajstić information content (AvgIpc) is 2.31. The predicted octanol–water partition coefficient (Wildman–Crippen LogP) is 3.83. The van der Waals surface area contributed by atoms with Crippen molar-refractivity contribution >= 4 is 0 Å². The molecule has 1 saturated carbocycles. The quantitative estimate of drug-likeness (QED) is 0.504. The average molecular weight is 224 g/mol. The van der Waals surface area contributed by atoms with E-state index in [0.717, 1.165) is 12.8 Å². The summed E-state index contributed by atoms with van der Waals surface area (Å²) in [6.07, 6.45) is 13.9. The first-order chi connectivity index (χ1) is 7.83. The molecule has 0 aliphatic heterocycles. The van der Waals surface area contributed by atoms with Crippen molar-refractivity contribution in [1.82, 2.24) is 0 Å². The third kappa shape index (κ3) is 4.50. The van der Waals surface area contributed by atoms with E-state index in [9.17, 15) is 0 Å². The highest BCUT2D eigenvalue weighted by atomic mass is 16.7. The number of hydrogen-bond acceptors (Lipinski definition) is 2. The number of allylic oxidation sites excluding steroid dienone is 2. The second-order valence-electron chi connectivity index (χ2n) is 4.23. The highest BCUT2D eigenvalue weighted by Gasteiger charge is 2.33. The van der Waals surface area contributed by atoms with Crippen LogP contribution in [0.25, 0.3) is 0 Å². The van der Waals surface area contributed by atoms with E-state index in [4.69, 9.17) is 9.47 Å². The molecular formula is C14H24O2. The Bertz CT molecular complexity index is 207. The van der Waals surface area contributed by atoms with E-state index in [-0.39, 0.29) is 5.79 Å². The van der Waals surface area contributed by atoms with Gasteiger partial charge in [-0.2, -0.15) is 0 Å². The van der Waals surface area contributed by atoms with Crippen LogP contribution >= 0.6 is 0 Å². The fourth-order valence-corrected chi connectivity index (χ4v) is 2.01. The van der Waals surface area contributed by atoms with Crippen molar-refractivity contribution in [1.29, 1.82) is 0 Å². The van der Waals surface area contributed by atoms with Gasteiger partial charge in [-0.05, 0) is 26.7 Å². The third-order valence-electron chi connectivity index (χ3n) is 2.97. The fraction of sp³-hybridized carbons (Fsp3) is 0.714. The molecule has 1 fully saturated rings. The summed E-state index contributed by atoms with van der Waals surface area (Å²) < 4.78 is 11.8. The smallest absolute Gasteiger partial charge is 0.169 e. The van der Waals surface area contributed by atoms with Gasteiger partial charge in [0.25, 0.3) is 0 Å². The molecule has 0 heterocycles. The van der Waals surface area contributed by atoms with E-state index < -0.39 is 0 Å². The van der Waals surface area contributed by atoms with E-state index in [2.05, 4.69) is 0 Å². The first kappa shape index (κ1) is 13.5. The van der Waals surface area contributed by atoms with Gasteiger partial charge >= 0.3 is 0 Å². The Morgan fingerprint density at radius 1 is 0.875 bits per heavy atom. The van der Waals surface area contributed by atoms with E-state index in [1.807, 2.05) is 38.2 Å². The summed E-state index contributed by atoms with van der Waals surface area (Å²) >= 11 is 0. The Hall–Kier alpha value is -0.600.